The summed E-state index contributed by atoms with van der Waals surface area (Å²) in [7, 11) is 0. The van der Waals surface area contributed by atoms with E-state index in [0.29, 0.717) is 28.0 Å². The second-order valence-corrected chi connectivity index (χ2v) is 8.59. The van der Waals surface area contributed by atoms with Crippen LogP contribution < -0.4 is 5.43 Å². The van der Waals surface area contributed by atoms with Gasteiger partial charge in [-0.2, -0.15) is 5.10 Å². The molecule has 4 rings (SSSR count). The first-order chi connectivity index (χ1) is 14.4. The Kier molecular flexibility index (Phi) is 5.69. The number of benzene rings is 1. The number of fused-ring (bicyclic) bond motifs is 1. The van der Waals surface area contributed by atoms with Gasteiger partial charge in [0.15, 0.2) is 0 Å². The molecule has 0 spiro atoms. The third-order valence-electron chi connectivity index (χ3n) is 6.35. The highest BCUT2D eigenvalue weighted by Gasteiger charge is 2.64. The molecule has 1 heterocycles. The maximum Gasteiger partial charge on any atom is 0.339 e. The van der Waals surface area contributed by atoms with E-state index in [4.69, 9.17) is 20.8 Å². The highest BCUT2D eigenvalue weighted by atomic mass is 35.5. The lowest BCUT2D eigenvalue weighted by molar-refractivity contribution is -0.123. The van der Waals surface area contributed by atoms with Crippen LogP contribution in [0, 0.1) is 17.3 Å². The summed E-state index contributed by atoms with van der Waals surface area (Å²) in [6, 6.07) is 8.56. The van der Waals surface area contributed by atoms with E-state index in [-0.39, 0.29) is 29.4 Å². The van der Waals surface area contributed by atoms with Crippen molar-refractivity contribution in [1.29, 1.82) is 0 Å². The smallest absolute Gasteiger partial charge is 0.339 e. The lowest BCUT2D eigenvalue weighted by atomic mass is 9.90. The molecule has 2 aliphatic carbocycles. The fourth-order valence-electron chi connectivity index (χ4n) is 4.70. The summed E-state index contributed by atoms with van der Waals surface area (Å²) in [6.07, 6.45) is 6.16. The van der Waals surface area contributed by atoms with Gasteiger partial charge >= 0.3 is 5.97 Å². The Bertz CT molecular complexity index is 999. The topological polar surface area (TPSA) is 80.9 Å². The van der Waals surface area contributed by atoms with Crippen molar-refractivity contribution in [3.05, 3.63) is 46.7 Å². The number of amides is 1. The van der Waals surface area contributed by atoms with Crippen LogP contribution in [0.1, 0.15) is 55.6 Å². The van der Waals surface area contributed by atoms with Crippen molar-refractivity contribution < 1.29 is 18.7 Å². The number of ether oxygens (including phenoxy) is 1. The van der Waals surface area contributed by atoms with Gasteiger partial charge in [-0.25, -0.2) is 10.2 Å². The van der Waals surface area contributed by atoms with Crippen molar-refractivity contribution in [3.63, 3.8) is 0 Å². The molecule has 7 heteroatoms. The van der Waals surface area contributed by atoms with E-state index in [1.54, 1.807) is 37.3 Å². The largest absolute Gasteiger partial charge is 0.462 e. The summed E-state index contributed by atoms with van der Waals surface area (Å²) in [5.41, 5.74) is 3.80. The van der Waals surface area contributed by atoms with E-state index < -0.39 is 5.97 Å². The Hall–Kier alpha value is -2.60. The molecule has 1 aromatic heterocycles. The highest BCUT2D eigenvalue weighted by molar-refractivity contribution is 6.33. The summed E-state index contributed by atoms with van der Waals surface area (Å²) < 4.78 is 10.8. The summed E-state index contributed by atoms with van der Waals surface area (Å²) >= 11 is 6.11. The molecule has 6 nitrogen and oxygen atoms in total. The highest BCUT2D eigenvalue weighted by Crippen LogP contribution is 2.66. The molecule has 0 radical (unpaired) electrons. The minimum Gasteiger partial charge on any atom is -0.462 e. The van der Waals surface area contributed by atoms with Crippen LogP contribution in [0.15, 0.2) is 39.9 Å². The first-order valence-corrected chi connectivity index (χ1v) is 10.7. The number of hydrogen-bond acceptors (Lipinski definition) is 5. The molecule has 1 aromatic carbocycles. The van der Waals surface area contributed by atoms with E-state index >= 15 is 0 Å². The Balaban J connectivity index is 1.40. The number of rotatable bonds is 6. The zero-order valence-corrected chi connectivity index (χ0v) is 17.9. The maximum absolute atomic E-state index is 12.5. The monoisotopic (exact) mass is 428 g/mol. The average Bonchev–Trinajstić information content (AvgIpc) is 3.09. The minimum absolute atomic E-state index is 0.00999. The van der Waals surface area contributed by atoms with Crippen LogP contribution in [0.3, 0.4) is 0 Å². The predicted octanol–water partition coefficient (Wildman–Crippen LogP) is 5.05. The lowest BCUT2D eigenvalue weighted by Crippen LogP contribution is -2.22. The molecule has 0 aliphatic heterocycles. The second kappa shape index (κ2) is 8.26. The second-order valence-electron chi connectivity index (χ2n) is 8.19. The van der Waals surface area contributed by atoms with Crippen molar-refractivity contribution in [3.8, 4) is 11.3 Å². The van der Waals surface area contributed by atoms with Crippen LogP contribution in [0.25, 0.3) is 11.3 Å². The molecule has 2 aromatic rings. The fraction of sp³-hybridized carbons (Fsp3) is 0.435. The van der Waals surface area contributed by atoms with Gasteiger partial charge in [0.05, 0.1) is 23.4 Å². The SMILES string of the molecule is CCOC(=O)c1cc(-c2ccc(/C=N\NC(=O)[C@@H]3[C@@H]4CCCC[C@]34C)o2)ccc1Cl. The summed E-state index contributed by atoms with van der Waals surface area (Å²) in [6.45, 7) is 4.22. The number of halogens is 1. The molecule has 0 saturated heterocycles. The first kappa shape index (κ1) is 20.7. The van der Waals surface area contributed by atoms with Crippen LogP contribution in [-0.4, -0.2) is 24.7 Å². The molecule has 2 aliphatic rings. The molecule has 0 bridgehead atoms. The summed E-state index contributed by atoms with van der Waals surface area (Å²) in [5.74, 6) is 1.14. The zero-order chi connectivity index (χ0) is 21.3. The molecule has 30 heavy (non-hydrogen) atoms. The van der Waals surface area contributed by atoms with Crippen LogP contribution in [0.5, 0.6) is 0 Å². The zero-order valence-electron chi connectivity index (χ0n) is 17.1. The van der Waals surface area contributed by atoms with Gasteiger partial charge in [-0.3, -0.25) is 4.79 Å². The summed E-state index contributed by atoms with van der Waals surface area (Å²) in [5, 5.41) is 4.39. The van der Waals surface area contributed by atoms with Crippen LogP contribution >= 0.6 is 11.6 Å². The molecule has 1 N–H and O–H groups in total. The van der Waals surface area contributed by atoms with Crippen LogP contribution in [-0.2, 0) is 9.53 Å². The van der Waals surface area contributed by atoms with Gasteiger partial charge in [0.25, 0.3) is 0 Å². The van der Waals surface area contributed by atoms with E-state index in [2.05, 4.69) is 17.5 Å². The van der Waals surface area contributed by atoms with Crippen molar-refractivity contribution in [2.45, 2.75) is 39.5 Å². The number of hydrogen-bond donors (Lipinski definition) is 1. The first-order valence-electron chi connectivity index (χ1n) is 10.3. The van der Waals surface area contributed by atoms with Crippen LogP contribution in [0.4, 0.5) is 0 Å². The third-order valence-corrected chi connectivity index (χ3v) is 6.68. The minimum atomic E-state index is -0.477. The maximum atomic E-state index is 12.5. The molecule has 2 saturated carbocycles. The molecule has 0 unspecified atom stereocenters. The van der Waals surface area contributed by atoms with Gasteiger partial charge in [-0.15, -0.1) is 0 Å². The number of furan rings is 1. The summed E-state index contributed by atoms with van der Waals surface area (Å²) in [4.78, 5) is 24.5. The molecule has 3 atom stereocenters. The van der Waals surface area contributed by atoms with E-state index in [0.717, 1.165) is 12.8 Å². The normalized spacial score (nSPS) is 25.0. The quantitative estimate of drug-likeness (QED) is 0.396. The molecule has 158 valence electrons. The van der Waals surface area contributed by atoms with E-state index in [9.17, 15) is 9.59 Å². The number of carbonyl (C=O) groups is 2. The van der Waals surface area contributed by atoms with Gasteiger partial charge in [-0.05, 0) is 61.4 Å². The van der Waals surface area contributed by atoms with Gasteiger partial charge < -0.3 is 9.15 Å². The molecular weight excluding hydrogens is 404 g/mol. The standard InChI is InChI=1S/C23H25ClN2O4/c1-3-29-22(28)16-12-14(7-9-18(16)24)19-10-8-15(30-19)13-25-26-21(27)20-17-6-4-5-11-23(17,20)2/h7-10,12-13,17,20H,3-6,11H2,1-2H3,(H,26,27)/b25-13-/t17-,20-,23-/m0/s1. The van der Waals surface area contributed by atoms with Gasteiger partial charge in [0.2, 0.25) is 5.91 Å². The number of hydrazone groups is 1. The van der Waals surface area contributed by atoms with Crippen molar-refractivity contribution in [2.24, 2.45) is 22.4 Å². The van der Waals surface area contributed by atoms with Gasteiger partial charge in [0.1, 0.15) is 11.5 Å². The number of carbonyl (C=O) groups excluding carboxylic acids is 2. The molecule has 1 amide bonds. The Morgan fingerprint density at radius 3 is 2.90 bits per heavy atom. The average molecular weight is 429 g/mol. The van der Waals surface area contributed by atoms with Crippen molar-refractivity contribution in [1.82, 2.24) is 5.43 Å². The molecule has 2 fully saturated rings. The Morgan fingerprint density at radius 2 is 2.17 bits per heavy atom. The third kappa shape index (κ3) is 3.88. The Labute approximate surface area is 180 Å². The number of nitrogens with zero attached hydrogens (tertiary/aromatic N) is 1. The van der Waals surface area contributed by atoms with Gasteiger partial charge in [-0.1, -0.05) is 31.4 Å². The van der Waals surface area contributed by atoms with Crippen LogP contribution in [0.2, 0.25) is 5.02 Å². The predicted molar refractivity (Wildman–Crippen MR) is 114 cm³/mol. The molecular formula is C23H25ClN2O4. The lowest BCUT2D eigenvalue weighted by Gasteiger charge is -2.15. The number of esters is 1. The van der Waals surface area contributed by atoms with Crippen molar-refractivity contribution in [2.75, 3.05) is 6.61 Å². The van der Waals surface area contributed by atoms with Crippen molar-refractivity contribution >= 4 is 29.7 Å². The fourth-order valence-corrected chi connectivity index (χ4v) is 4.90. The number of nitrogens with one attached hydrogen (secondary N) is 1. The van der Waals surface area contributed by atoms with E-state index in [1.807, 2.05) is 0 Å². The van der Waals surface area contributed by atoms with E-state index in [1.165, 1.54) is 19.1 Å². The van der Waals surface area contributed by atoms with Gasteiger partial charge in [0, 0.05) is 11.5 Å². The Morgan fingerprint density at radius 1 is 1.33 bits per heavy atom.